The predicted molar refractivity (Wildman–Crippen MR) is 167 cm³/mol. The average molecular weight is 564 g/mol. The quantitative estimate of drug-likeness (QED) is 0.209. The first-order valence-corrected chi connectivity index (χ1v) is 13.8. The molecule has 2 aromatic heterocycles. The number of furan rings is 1. The standard InChI is InChI=1S/C36H22BrNO/c37-32-13-4-1-10-27(32)25-9-7-8-23(20-25)24-16-18-29-28-11-2-5-14-33(28)38(34(29)21-24)26-17-19-36-31(22-26)30-12-3-6-15-35(30)39-36/h1-22H. The van der Waals surface area contributed by atoms with Crippen LogP contribution < -0.4 is 0 Å². The summed E-state index contributed by atoms with van der Waals surface area (Å²) in [4.78, 5) is 0. The molecular weight excluding hydrogens is 542 g/mol. The molecule has 0 aliphatic heterocycles. The maximum absolute atomic E-state index is 6.12. The van der Waals surface area contributed by atoms with E-state index < -0.39 is 0 Å². The van der Waals surface area contributed by atoms with Gasteiger partial charge in [-0.1, -0.05) is 101 Å². The molecule has 3 heteroatoms. The highest BCUT2D eigenvalue weighted by molar-refractivity contribution is 9.10. The van der Waals surface area contributed by atoms with Gasteiger partial charge in [0.15, 0.2) is 0 Å². The number of rotatable bonds is 3. The molecule has 2 nitrogen and oxygen atoms in total. The third-order valence-corrected chi connectivity index (χ3v) is 8.36. The maximum Gasteiger partial charge on any atom is 0.135 e. The number of benzene rings is 6. The van der Waals surface area contributed by atoms with Crippen LogP contribution in [0.25, 0.3) is 71.7 Å². The molecule has 8 rings (SSSR count). The predicted octanol–water partition coefficient (Wildman–Crippen LogP) is 10.8. The van der Waals surface area contributed by atoms with Crippen LogP contribution in [0.5, 0.6) is 0 Å². The Morgan fingerprint density at radius 2 is 1.18 bits per heavy atom. The van der Waals surface area contributed by atoms with Crippen molar-refractivity contribution >= 4 is 59.7 Å². The van der Waals surface area contributed by atoms with E-state index in [4.69, 9.17) is 4.42 Å². The largest absolute Gasteiger partial charge is 0.456 e. The second kappa shape index (κ2) is 8.72. The Morgan fingerprint density at radius 3 is 2.10 bits per heavy atom. The monoisotopic (exact) mass is 563 g/mol. The van der Waals surface area contributed by atoms with Gasteiger partial charge in [-0.3, -0.25) is 0 Å². The molecule has 0 saturated carbocycles. The van der Waals surface area contributed by atoms with Crippen molar-refractivity contribution in [3.63, 3.8) is 0 Å². The molecule has 0 bridgehead atoms. The fourth-order valence-corrected chi connectivity index (χ4v) is 6.36. The van der Waals surface area contributed by atoms with E-state index in [1.165, 1.54) is 44.1 Å². The number of hydrogen-bond acceptors (Lipinski definition) is 1. The molecular formula is C36H22BrNO. The summed E-state index contributed by atoms with van der Waals surface area (Å²) in [7, 11) is 0. The van der Waals surface area contributed by atoms with Crippen LogP contribution in [0.15, 0.2) is 142 Å². The van der Waals surface area contributed by atoms with Crippen LogP contribution in [0, 0.1) is 0 Å². The summed E-state index contributed by atoms with van der Waals surface area (Å²) >= 11 is 3.72. The highest BCUT2D eigenvalue weighted by Gasteiger charge is 2.15. The van der Waals surface area contributed by atoms with Gasteiger partial charge >= 0.3 is 0 Å². The van der Waals surface area contributed by atoms with Crippen LogP contribution in [-0.2, 0) is 0 Å². The summed E-state index contributed by atoms with van der Waals surface area (Å²) in [6.07, 6.45) is 0. The summed E-state index contributed by atoms with van der Waals surface area (Å²) in [5.74, 6) is 0. The smallest absolute Gasteiger partial charge is 0.135 e. The fourth-order valence-electron chi connectivity index (χ4n) is 5.84. The van der Waals surface area contributed by atoms with Crippen molar-refractivity contribution in [1.82, 2.24) is 4.57 Å². The number of para-hydroxylation sites is 2. The lowest BCUT2D eigenvalue weighted by Crippen LogP contribution is -1.93. The zero-order chi connectivity index (χ0) is 25.9. The molecule has 6 aromatic carbocycles. The molecule has 8 aromatic rings. The van der Waals surface area contributed by atoms with E-state index in [-0.39, 0.29) is 0 Å². The van der Waals surface area contributed by atoms with Crippen molar-refractivity contribution in [3.8, 4) is 27.9 Å². The summed E-state index contributed by atoms with van der Waals surface area (Å²) in [5.41, 5.74) is 10.1. The van der Waals surface area contributed by atoms with Crippen molar-refractivity contribution in [3.05, 3.63) is 138 Å². The van der Waals surface area contributed by atoms with E-state index >= 15 is 0 Å². The molecule has 0 unspecified atom stereocenters. The van der Waals surface area contributed by atoms with Gasteiger partial charge in [0.1, 0.15) is 11.2 Å². The van der Waals surface area contributed by atoms with Gasteiger partial charge < -0.3 is 8.98 Å². The Morgan fingerprint density at radius 1 is 0.462 bits per heavy atom. The van der Waals surface area contributed by atoms with Crippen LogP contribution in [0.3, 0.4) is 0 Å². The van der Waals surface area contributed by atoms with Gasteiger partial charge in [-0.15, -0.1) is 0 Å². The lowest BCUT2D eigenvalue weighted by molar-refractivity contribution is 0.669. The van der Waals surface area contributed by atoms with Crippen molar-refractivity contribution in [1.29, 1.82) is 0 Å². The Kier molecular flexibility index (Phi) is 5.01. The number of fused-ring (bicyclic) bond motifs is 6. The number of hydrogen-bond donors (Lipinski definition) is 0. The van der Waals surface area contributed by atoms with Crippen LogP contribution >= 0.6 is 15.9 Å². The summed E-state index contributed by atoms with van der Waals surface area (Å²) in [5, 5.41) is 4.76. The van der Waals surface area contributed by atoms with Gasteiger partial charge in [0.25, 0.3) is 0 Å². The lowest BCUT2D eigenvalue weighted by Gasteiger charge is -2.11. The van der Waals surface area contributed by atoms with Crippen LogP contribution in [-0.4, -0.2) is 4.57 Å². The molecule has 0 amide bonds. The number of halogens is 1. The van der Waals surface area contributed by atoms with E-state index in [9.17, 15) is 0 Å². The molecule has 0 saturated heterocycles. The number of nitrogens with zero attached hydrogens (tertiary/aromatic N) is 1. The van der Waals surface area contributed by atoms with E-state index in [1.54, 1.807) is 0 Å². The SMILES string of the molecule is Brc1ccccc1-c1cccc(-c2ccc3c4ccccc4n(-c4ccc5oc6ccccc6c5c4)c3c2)c1. The summed E-state index contributed by atoms with van der Waals surface area (Å²) in [6, 6.07) is 47.4. The Hall–Kier alpha value is -4.60. The van der Waals surface area contributed by atoms with Gasteiger partial charge in [0.2, 0.25) is 0 Å². The van der Waals surface area contributed by atoms with E-state index in [1.807, 2.05) is 18.2 Å². The second-order valence-corrected chi connectivity index (χ2v) is 10.8. The van der Waals surface area contributed by atoms with Gasteiger partial charge in [-0.05, 0) is 70.8 Å². The van der Waals surface area contributed by atoms with Crippen molar-refractivity contribution in [2.45, 2.75) is 0 Å². The van der Waals surface area contributed by atoms with Crippen LogP contribution in [0.1, 0.15) is 0 Å². The van der Waals surface area contributed by atoms with Crippen molar-refractivity contribution < 1.29 is 4.42 Å². The molecule has 0 radical (unpaired) electrons. The minimum absolute atomic E-state index is 0.908. The molecule has 39 heavy (non-hydrogen) atoms. The van der Waals surface area contributed by atoms with E-state index in [0.717, 1.165) is 32.1 Å². The van der Waals surface area contributed by atoms with E-state index in [2.05, 4.69) is 136 Å². The normalized spacial score (nSPS) is 11.7. The van der Waals surface area contributed by atoms with Gasteiger partial charge in [-0.2, -0.15) is 0 Å². The van der Waals surface area contributed by atoms with Crippen LogP contribution in [0.2, 0.25) is 0 Å². The molecule has 0 atom stereocenters. The van der Waals surface area contributed by atoms with Crippen molar-refractivity contribution in [2.75, 3.05) is 0 Å². The molecule has 2 heterocycles. The minimum Gasteiger partial charge on any atom is -0.456 e. The lowest BCUT2D eigenvalue weighted by atomic mass is 9.98. The molecule has 0 aliphatic rings. The minimum atomic E-state index is 0.908. The molecule has 0 spiro atoms. The van der Waals surface area contributed by atoms with Gasteiger partial charge in [-0.25, -0.2) is 0 Å². The first-order valence-electron chi connectivity index (χ1n) is 13.0. The topological polar surface area (TPSA) is 18.1 Å². The summed E-state index contributed by atoms with van der Waals surface area (Å²) < 4.78 is 9.60. The molecule has 0 N–H and O–H groups in total. The fraction of sp³-hybridized carbons (Fsp3) is 0. The third kappa shape index (κ3) is 3.54. The average Bonchev–Trinajstić information content (AvgIpc) is 3.52. The van der Waals surface area contributed by atoms with E-state index in [0.29, 0.717) is 0 Å². The first kappa shape index (κ1) is 22.4. The zero-order valence-electron chi connectivity index (χ0n) is 20.9. The summed E-state index contributed by atoms with van der Waals surface area (Å²) in [6.45, 7) is 0. The Balaban J connectivity index is 1.36. The zero-order valence-corrected chi connectivity index (χ0v) is 22.5. The Bertz CT molecular complexity index is 2200. The van der Waals surface area contributed by atoms with Gasteiger partial charge in [0.05, 0.1) is 11.0 Å². The maximum atomic E-state index is 6.12. The first-order chi connectivity index (χ1) is 19.2. The highest BCUT2D eigenvalue weighted by atomic mass is 79.9. The second-order valence-electron chi connectivity index (χ2n) is 9.92. The molecule has 0 aliphatic carbocycles. The highest BCUT2D eigenvalue weighted by Crippen LogP contribution is 2.38. The number of aromatic nitrogens is 1. The van der Waals surface area contributed by atoms with Crippen LogP contribution in [0.4, 0.5) is 0 Å². The third-order valence-electron chi connectivity index (χ3n) is 7.67. The van der Waals surface area contributed by atoms with Crippen molar-refractivity contribution in [2.24, 2.45) is 0 Å². The molecule has 184 valence electrons. The molecule has 0 fully saturated rings. The van der Waals surface area contributed by atoms with Gasteiger partial charge in [0, 0.05) is 31.7 Å². The Labute approximate surface area is 233 Å².